The van der Waals surface area contributed by atoms with Crippen LogP contribution in [0.15, 0.2) is 69.3 Å². The van der Waals surface area contributed by atoms with E-state index in [4.69, 9.17) is 9.52 Å². The third-order valence-corrected chi connectivity index (χ3v) is 5.26. The lowest BCUT2D eigenvalue weighted by molar-refractivity contribution is 0.613. The molecule has 0 bridgehead atoms. The van der Waals surface area contributed by atoms with Crippen LogP contribution < -0.4 is 0 Å². The molecule has 0 N–H and O–H groups in total. The molecule has 5 nitrogen and oxygen atoms in total. The molecule has 4 aromatic rings. The zero-order valence-corrected chi connectivity index (χ0v) is 14.3. The smallest absolute Gasteiger partial charge is 0.221 e. The number of aryl methyl sites for hydroxylation is 1. The van der Waals surface area contributed by atoms with Gasteiger partial charge in [0.25, 0.3) is 0 Å². The number of rotatable bonds is 2. The molecule has 2 aromatic heterocycles. The summed E-state index contributed by atoms with van der Waals surface area (Å²) in [6, 6.07) is 18.2. The molecular weight excluding hydrogens is 332 g/mol. The molecular formula is C19H14N4OS. The summed E-state index contributed by atoms with van der Waals surface area (Å²) in [5.41, 5.74) is 4.02. The highest BCUT2D eigenvalue weighted by Crippen LogP contribution is 2.34. The largest absolute Gasteiger partial charge is 0.452 e. The number of benzene rings is 2. The Morgan fingerprint density at radius 3 is 2.64 bits per heavy atom. The van der Waals surface area contributed by atoms with E-state index in [0.717, 1.165) is 44.5 Å². The van der Waals surface area contributed by atoms with Gasteiger partial charge in [-0.3, -0.25) is 0 Å². The molecule has 3 heterocycles. The summed E-state index contributed by atoms with van der Waals surface area (Å²) in [4.78, 5) is 0. The molecule has 1 aliphatic rings. The molecule has 0 spiro atoms. The van der Waals surface area contributed by atoms with E-state index in [1.165, 1.54) is 0 Å². The van der Waals surface area contributed by atoms with E-state index in [-0.39, 0.29) is 0 Å². The first-order valence-electron chi connectivity index (χ1n) is 8.01. The maximum Gasteiger partial charge on any atom is 0.221 e. The second kappa shape index (κ2) is 5.60. The Bertz CT molecular complexity index is 1110. The first kappa shape index (κ1) is 14.5. The van der Waals surface area contributed by atoms with Gasteiger partial charge in [-0.1, -0.05) is 60.3 Å². The standard InChI is InChI=1S/C19H14N4OS/c1-12-14-9-5-6-10-16(14)24-17(12)18-20-21-19-23(18)22-15(11-25-19)13-7-3-2-4-8-13/h2-10H,11H2,1H3. The topological polar surface area (TPSA) is 56.2 Å². The molecule has 2 aromatic carbocycles. The molecule has 25 heavy (non-hydrogen) atoms. The number of aromatic nitrogens is 3. The van der Waals surface area contributed by atoms with E-state index < -0.39 is 0 Å². The van der Waals surface area contributed by atoms with E-state index in [1.54, 1.807) is 16.4 Å². The minimum Gasteiger partial charge on any atom is -0.452 e. The Labute approximate surface area is 148 Å². The van der Waals surface area contributed by atoms with Crippen LogP contribution in [-0.4, -0.2) is 26.3 Å². The quantitative estimate of drug-likeness (QED) is 0.541. The Kier molecular flexibility index (Phi) is 3.24. The van der Waals surface area contributed by atoms with Crippen molar-refractivity contribution >= 4 is 28.4 Å². The SMILES string of the molecule is Cc1c(-c2nnc3n2N=C(c2ccccc2)CS3)oc2ccccc12. The number of para-hydroxylation sites is 1. The fourth-order valence-corrected chi connectivity index (χ4v) is 3.87. The number of furan rings is 1. The Balaban J connectivity index is 1.67. The maximum atomic E-state index is 6.05. The van der Waals surface area contributed by atoms with Crippen LogP contribution >= 0.6 is 11.8 Å². The first-order chi connectivity index (χ1) is 12.3. The van der Waals surface area contributed by atoms with Gasteiger partial charge in [0.15, 0.2) is 5.76 Å². The van der Waals surface area contributed by atoms with Gasteiger partial charge in [-0.25, -0.2) is 0 Å². The number of fused-ring (bicyclic) bond motifs is 2. The molecule has 0 fully saturated rings. The summed E-state index contributed by atoms with van der Waals surface area (Å²) >= 11 is 1.64. The van der Waals surface area contributed by atoms with Gasteiger partial charge < -0.3 is 4.42 Å². The summed E-state index contributed by atoms with van der Waals surface area (Å²) in [6.45, 7) is 2.04. The lowest BCUT2D eigenvalue weighted by atomic mass is 10.1. The van der Waals surface area contributed by atoms with Gasteiger partial charge in [0.05, 0.1) is 5.71 Å². The second-order valence-corrected chi connectivity index (χ2v) is 6.81. The van der Waals surface area contributed by atoms with Crippen molar-refractivity contribution in [2.24, 2.45) is 5.10 Å². The zero-order chi connectivity index (χ0) is 16.8. The third kappa shape index (κ3) is 2.29. The molecule has 0 radical (unpaired) electrons. The Hall–Kier alpha value is -2.86. The molecule has 1 aliphatic heterocycles. The van der Waals surface area contributed by atoms with Crippen LogP contribution in [0.1, 0.15) is 11.1 Å². The van der Waals surface area contributed by atoms with Crippen LogP contribution in [-0.2, 0) is 0 Å². The van der Waals surface area contributed by atoms with Crippen molar-refractivity contribution in [3.8, 4) is 11.6 Å². The molecule has 5 rings (SSSR count). The lowest BCUT2D eigenvalue weighted by Gasteiger charge is -2.13. The highest BCUT2D eigenvalue weighted by molar-refractivity contribution is 7.99. The third-order valence-electron chi connectivity index (χ3n) is 4.32. The highest BCUT2D eigenvalue weighted by atomic mass is 32.2. The van der Waals surface area contributed by atoms with Gasteiger partial charge in [0.1, 0.15) is 5.58 Å². The molecule has 0 aliphatic carbocycles. The minimum absolute atomic E-state index is 0.643. The van der Waals surface area contributed by atoms with Crippen molar-refractivity contribution < 1.29 is 4.42 Å². The van der Waals surface area contributed by atoms with E-state index in [2.05, 4.69) is 28.4 Å². The van der Waals surface area contributed by atoms with Crippen LogP contribution in [0.3, 0.4) is 0 Å². The summed E-state index contributed by atoms with van der Waals surface area (Å²) in [5.74, 6) is 2.14. The number of hydrogen-bond acceptors (Lipinski definition) is 5. The number of thioether (sulfide) groups is 1. The summed E-state index contributed by atoms with van der Waals surface area (Å²) in [5, 5.41) is 15.3. The van der Waals surface area contributed by atoms with Gasteiger partial charge >= 0.3 is 0 Å². The molecule has 0 saturated carbocycles. The van der Waals surface area contributed by atoms with E-state index >= 15 is 0 Å². The highest BCUT2D eigenvalue weighted by Gasteiger charge is 2.24. The molecule has 0 saturated heterocycles. The van der Waals surface area contributed by atoms with Crippen LogP contribution in [0.25, 0.3) is 22.6 Å². The van der Waals surface area contributed by atoms with Crippen LogP contribution in [0.4, 0.5) is 0 Å². The van der Waals surface area contributed by atoms with Crippen molar-refractivity contribution in [2.75, 3.05) is 5.75 Å². The molecule has 122 valence electrons. The fourth-order valence-electron chi connectivity index (χ4n) is 3.03. The minimum atomic E-state index is 0.643. The van der Waals surface area contributed by atoms with Gasteiger partial charge in [0.2, 0.25) is 11.0 Å². The van der Waals surface area contributed by atoms with Gasteiger partial charge in [-0.2, -0.15) is 9.78 Å². The molecule has 6 heteroatoms. The maximum absolute atomic E-state index is 6.05. The number of hydrogen-bond donors (Lipinski definition) is 0. The summed E-state index contributed by atoms with van der Waals surface area (Å²) < 4.78 is 7.84. The average molecular weight is 346 g/mol. The van der Waals surface area contributed by atoms with Gasteiger partial charge in [-0.05, 0) is 18.6 Å². The van der Waals surface area contributed by atoms with E-state index in [1.807, 2.05) is 43.3 Å². The predicted octanol–water partition coefficient (Wildman–Crippen LogP) is 4.36. The zero-order valence-electron chi connectivity index (χ0n) is 13.5. The van der Waals surface area contributed by atoms with Crippen LogP contribution in [0, 0.1) is 6.92 Å². The lowest BCUT2D eigenvalue weighted by Crippen LogP contribution is -2.13. The summed E-state index contributed by atoms with van der Waals surface area (Å²) in [6.07, 6.45) is 0. The first-order valence-corrected chi connectivity index (χ1v) is 9.00. The molecule has 0 unspecified atom stereocenters. The van der Waals surface area contributed by atoms with Gasteiger partial charge in [-0.15, -0.1) is 10.2 Å². The van der Waals surface area contributed by atoms with Crippen molar-refractivity contribution in [3.63, 3.8) is 0 Å². The molecule has 0 amide bonds. The number of nitrogens with zero attached hydrogens (tertiary/aromatic N) is 4. The second-order valence-electron chi connectivity index (χ2n) is 5.87. The van der Waals surface area contributed by atoms with Crippen LogP contribution in [0.5, 0.6) is 0 Å². The molecule has 0 atom stereocenters. The van der Waals surface area contributed by atoms with Crippen molar-refractivity contribution in [2.45, 2.75) is 12.1 Å². The Morgan fingerprint density at radius 1 is 1.00 bits per heavy atom. The van der Waals surface area contributed by atoms with Crippen molar-refractivity contribution in [1.82, 2.24) is 14.9 Å². The normalized spacial score (nSPS) is 13.7. The van der Waals surface area contributed by atoms with E-state index in [9.17, 15) is 0 Å². The Morgan fingerprint density at radius 2 is 1.80 bits per heavy atom. The summed E-state index contributed by atoms with van der Waals surface area (Å²) in [7, 11) is 0. The fraction of sp³-hybridized carbons (Fsp3) is 0.105. The van der Waals surface area contributed by atoms with Crippen molar-refractivity contribution in [1.29, 1.82) is 0 Å². The van der Waals surface area contributed by atoms with Crippen LogP contribution in [0.2, 0.25) is 0 Å². The monoisotopic (exact) mass is 346 g/mol. The van der Waals surface area contributed by atoms with Crippen molar-refractivity contribution in [3.05, 3.63) is 65.7 Å². The average Bonchev–Trinajstić information content (AvgIpc) is 3.23. The van der Waals surface area contributed by atoms with E-state index in [0.29, 0.717) is 5.82 Å². The predicted molar refractivity (Wildman–Crippen MR) is 99.1 cm³/mol. The van der Waals surface area contributed by atoms with Gasteiger partial charge in [0, 0.05) is 16.7 Å².